The van der Waals surface area contributed by atoms with Crippen LogP contribution in [0.1, 0.15) is 26.7 Å². The van der Waals surface area contributed by atoms with Gasteiger partial charge in [-0.2, -0.15) is 0 Å². The van der Waals surface area contributed by atoms with Crippen LogP contribution in [-0.2, 0) is 9.53 Å². The molecule has 0 aliphatic carbocycles. The highest BCUT2D eigenvalue weighted by Crippen LogP contribution is 2.01. The van der Waals surface area contributed by atoms with E-state index < -0.39 is 0 Å². The molecule has 3 heteroatoms. The van der Waals surface area contributed by atoms with Crippen LogP contribution >= 0.6 is 12.6 Å². The average molecular weight is 175 g/mol. The Morgan fingerprint density at radius 1 is 1.64 bits per heavy atom. The zero-order valence-electron chi connectivity index (χ0n) is 7.13. The van der Waals surface area contributed by atoms with Crippen LogP contribution in [0.5, 0.6) is 0 Å². The first kappa shape index (κ1) is 10.8. The molecular formula is C8H15O2S. The number of unbranched alkanes of at least 4 members (excludes halogenated alkanes) is 1. The first-order valence-electron chi connectivity index (χ1n) is 3.97. The monoisotopic (exact) mass is 175 g/mol. The lowest BCUT2D eigenvalue weighted by atomic mass is 10.2. The maximum Gasteiger partial charge on any atom is 0.309 e. The van der Waals surface area contributed by atoms with Gasteiger partial charge in [-0.25, -0.2) is 0 Å². The Kier molecular flexibility index (Phi) is 6.42. The number of hydrogen-bond acceptors (Lipinski definition) is 2. The Bertz CT molecular complexity index is 115. The van der Waals surface area contributed by atoms with E-state index in [4.69, 9.17) is 17.4 Å². The Morgan fingerprint density at radius 2 is 2.27 bits per heavy atom. The van der Waals surface area contributed by atoms with Crippen molar-refractivity contribution in [1.29, 1.82) is 0 Å². The van der Waals surface area contributed by atoms with Crippen LogP contribution in [-0.4, -0.2) is 18.3 Å². The Morgan fingerprint density at radius 3 is 2.73 bits per heavy atom. The summed E-state index contributed by atoms with van der Waals surface area (Å²) in [6.45, 7) is 4.39. The van der Waals surface area contributed by atoms with Crippen molar-refractivity contribution in [2.24, 2.45) is 5.92 Å². The number of ether oxygens (including phenoxy) is 1. The Hall–Kier alpha value is -0.180. The molecule has 0 aromatic heterocycles. The van der Waals surface area contributed by atoms with E-state index in [1.807, 2.05) is 0 Å². The number of carbonyl (C=O) groups is 1. The largest absolute Gasteiger partial charge is 0.465 e. The van der Waals surface area contributed by atoms with E-state index in [1.54, 1.807) is 6.92 Å². The minimum atomic E-state index is -0.159. The number of esters is 1. The molecule has 0 aliphatic heterocycles. The summed E-state index contributed by atoms with van der Waals surface area (Å²) in [6.07, 6.45) is 1.99. The Balaban J connectivity index is 3.36. The van der Waals surface area contributed by atoms with E-state index in [2.05, 4.69) is 6.92 Å². The molecule has 65 valence electrons. The fourth-order valence-electron chi connectivity index (χ4n) is 0.527. The summed E-state index contributed by atoms with van der Waals surface area (Å²) in [6, 6.07) is 0. The topological polar surface area (TPSA) is 26.3 Å². The molecule has 0 aromatic rings. The standard InChI is InChI=1S/C8H15O2S/c1-3-4-5-10-8(9)7(2)6-11/h7H,3-6H2,1-2H3. The van der Waals surface area contributed by atoms with E-state index in [1.165, 1.54) is 0 Å². The second kappa shape index (κ2) is 6.53. The van der Waals surface area contributed by atoms with Crippen molar-refractivity contribution >= 4 is 18.6 Å². The normalized spacial score (nSPS) is 12.6. The van der Waals surface area contributed by atoms with Crippen molar-refractivity contribution in [2.75, 3.05) is 12.4 Å². The summed E-state index contributed by atoms with van der Waals surface area (Å²) in [4.78, 5) is 11.0. The van der Waals surface area contributed by atoms with Gasteiger partial charge in [-0.3, -0.25) is 4.79 Å². The van der Waals surface area contributed by atoms with Gasteiger partial charge in [0.25, 0.3) is 0 Å². The molecule has 1 unspecified atom stereocenters. The lowest BCUT2D eigenvalue weighted by molar-refractivity contribution is -0.147. The average Bonchev–Trinajstić information content (AvgIpc) is 2.03. The summed E-state index contributed by atoms with van der Waals surface area (Å²) in [5.41, 5.74) is 0. The molecule has 0 spiro atoms. The van der Waals surface area contributed by atoms with Gasteiger partial charge >= 0.3 is 5.97 Å². The van der Waals surface area contributed by atoms with Crippen LogP contribution in [0.2, 0.25) is 0 Å². The number of rotatable bonds is 5. The number of hydrogen-bond donors (Lipinski definition) is 0. The summed E-state index contributed by atoms with van der Waals surface area (Å²) in [5.74, 6) is 0.167. The third kappa shape index (κ3) is 5.13. The van der Waals surface area contributed by atoms with Crippen molar-refractivity contribution in [1.82, 2.24) is 0 Å². The molecule has 1 radical (unpaired) electrons. The predicted octanol–water partition coefficient (Wildman–Crippen LogP) is 2.16. The van der Waals surface area contributed by atoms with E-state index >= 15 is 0 Å². The van der Waals surface area contributed by atoms with Gasteiger partial charge in [0.1, 0.15) is 0 Å². The molecule has 0 saturated carbocycles. The third-order valence-electron chi connectivity index (χ3n) is 1.39. The van der Waals surface area contributed by atoms with Gasteiger partial charge in [-0.15, -0.1) is 0 Å². The van der Waals surface area contributed by atoms with Gasteiger partial charge in [0.05, 0.1) is 12.5 Å². The van der Waals surface area contributed by atoms with E-state index in [0.717, 1.165) is 12.8 Å². The van der Waals surface area contributed by atoms with Crippen molar-refractivity contribution in [2.45, 2.75) is 26.7 Å². The van der Waals surface area contributed by atoms with Crippen molar-refractivity contribution in [3.8, 4) is 0 Å². The van der Waals surface area contributed by atoms with E-state index in [0.29, 0.717) is 12.4 Å². The van der Waals surface area contributed by atoms with Crippen molar-refractivity contribution < 1.29 is 9.53 Å². The lowest BCUT2D eigenvalue weighted by Gasteiger charge is -2.07. The lowest BCUT2D eigenvalue weighted by Crippen LogP contribution is -2.16. The highest BCUT2D eigenvalue weighted by Gasteiger charge is 2.11. The fraction of sp³-hybridized carbons (Fsp3) is 0.875. The quantitative estimate of drug-likeness (QED) is 0.473. The van der Waals surface area contributed by atoms with Crippen molar-refractivity contribution in [3.05, 3.63) is 0 Å². The first-order valence-corrected chi connectivity index (χ1v) is 4.54. The SMILES string of the molecule is CCCCOC(=O)C(C)C[S]. The molecular weight excluding hydrogens is 160 g/mol. The highest BCUT2D eigenvalue weighted by molar-refractivity contribution is 7.80. The van der Waals surface area contributed by atoms with Crippen LogP contribution < -0.4 is 0 Å². The molecule has 0 aromatic carbocycles. The molecule has 0 bridgehead atoms. The molecule has 0 aliphatic rings. The predicted molar refractivity (Wildman–Crippen MR) is 47.5 cm³/mol. The maximum atomic E-state index is 11.0. The molecule has 0 amide bonds. The molecule has 0 rings (SSSR count). The summed E-state index contributed by atoms with van der Waals surface area (Å²) in [7, 11) is 0. The third-order valence-corrected chi connectivity index (χ3v) is 1.89. The van der Waals surface area contributed by atoms with Gasteiger partial charge in [0.2, 0.25) is 0 Å². The molecule has 0 heterocycles. The second-order valence-electron chi connectivity index (χ2n) is 2.59. The first-order chi connectivity index (χ1) is 5.22. The summed E-state index contributed by atoms with van der Waals surface area (Å²) >= 11 is 4.73. The highest BCUT2D eigenvalue weighted by atomic mass is 32.1. The van der Waals surface area contributed by atoms with Gasteiger partial charge in [0, 0.05) is 5.75 Å². The summed E-state index contributed by atoms with van der Waals surface area (Å²) < 4.78 is 4.93. The van der Waals surface area contributed by atoms with Crippen molar-refractivity contribution in [3.63, 3.8) is 0 Å². The van der Waals surface area contributed by atoms with Gasteiger partial charge in [-0.1, -0.05) is 32.9 Å². The molecule has 2 nitrogen and oxygen atoms in total. The second-order valence-corrected chi connectivity index (χ2v) is 2.92. The molecule has 11 heavy (non-hydrogen) atoms. The molecule has 0 fully saturated rings. The minimum absolute atomic E-state index is 0.123. The number of carbonyl (C=O) groups excluding carboxylic acids is 1. The van der Waals surface area contributed by atoms with Gasteiger partial charge < -0.3 is 4.74 Å². The van der Waals surface area contributed by atoms with Crippen LogP contribution in [0, 0.1) is 5.92 Å². The molecule has 0 N–H and O–H groups in total. The van der Waals surface area contributed by atoms with Gasteiger partial charge in [0.15, 0.2) is 0 Å². The van der Waals surface area contributed by atoms with Gasteiger partial charge in [-0.05, 0) is 6.42 Å². The zero-order valence-corrected chi connectivity index (χ0v) is 7.95. The minimum Gasteiger partial charge on any atom is -0.465 e. The van der Waals surface area contributed by atoms with E-state index in [-0.39, 0.29) is 11.9 Å². The van der Waals surface area contributed by atoms with Crippen LogP contribution in [0.25, 0.3) is 0 Å². The maximum absolute atomic E-state index is 11.0. The fourth-order valence-corrected chi connectivity index (χ4v) is 0.663. The van der Waals surface area contributed by atoms with E-state index in [9.17, 15) is 4.79 Å². The molecule has 1 atom stereocenters. The Labute approximate surface area is 73.7 Å². The smallest absolute Gasteiger partial charge is 0.309 e. The van der Waals surface area contributed by atoms with Crippen LogP contribution in [0.3, 0.4) is 0 Å². The summed E-state index contributed by atoms with van der Waals surface area (Å²) in [5, 5.41) is 0. The van der Waals surface area contributed by atoms with Crippen LogP contribution in [0.15, 0.2) is 0 Å². The van der Waals surface area contributed by atoms with Crippen LogP contribution in [0.4, 0.5) is 0 Å². The zero-order chi connectivity index (χ0) is 8.69. The molecule has 0 saturated heterocycles.